The molecule has 29 heavy (non-hydrogen) atoms. The average Bonchev–Trinajstić information content (AvgIpc) is 2.75. The fourth-order valence-corrected chi connectivity index (χ4v) is 2.81. The lowest BCUT2D eigenvalue weighted by Crippen LogP contribution is -2.15. The van der Waals surface area contributed by atoms with Crippen LogP contribution in [0.15, 0.2) is 51.7 Å². The highest BCUT2D eigenvalue weighted by Crippen LogP contribution is 2.32. The molecule has 0 bridgehead atoms. The molecule has 3 rings (SSSR count). The third-order valence-corrected chi connectivity index (χ3v) is 4.24. The molecular formula is C23H21NO5. The van der Waals surface area contributed by atoms with E-state index in [0.717, 1.165) is 12.8 Å². The zero-order chi connectivity index (χ0) is 20.8. The highest BCUT2D eigenvalue weighted by molar-refractivity contribution is 6.10. The maximum Gasteiger partial charge on any atom is 0.347 e. The molecule has 0 atom stereocenters. The van der Waals surface area contributed by atoms with Gasteiger partial charge in [0.05, 0.1) is 30.2 Å². The van der Waals surface area contributed by atoms with Gasteiger partial charge in [0.25, 0.3) is 0 Å². The normalized spacial score (nSPS) is 10.5. The van der Waals surface area contributed by atoms with Gasteiger partial charge in [0.1, 0.15) is 22.6 Å². The van der Waals surface area contributed by atoms with Gasteiger partial charge < -0.3 is 13.9 Å². The Hall–Kier alpha value is -3.59. The summed E-state index contributed by atoms with van der Waals surface area (Å²) in [7, 11) is 0. The maximum absolute atomic E-state index is 12.8. The molecule has 6 nitrogen and oxygen atoms in total. The van der Waals surface area contributed by atoms with E-state index in [0.29, 0.717) is 46.8 Å². The van der Waals surface area contributed by atoms with E-state index in [1.807, 2.05) is 19.9 Å². The van der Waals surface area contributed by atoms with E-state index >= 15 is 0 Å². The lowest BCUT2D eigenvalue weighted by Gasteiger charge is -2.12. The highest BCUT2D eigenvalue weighted by Gasteiger charge is 2.18. The first-order valence-corrected chi connectivity index (χ1v) is 9.49. The molecule has 1 heterocycles. The number of hydrogen-bond acceptors (Lipinski definition) is 6. The molecule has 0 saturated heterocycles. The second-order valence-electron chi connectivity index (χ2n) is 6.50. The van der Waals surface area contributed by atoms with Crippen LogP contribution in [0.25, 0.3) is 11.0 Å². The first-order chi connectivity index (χ1) is 14.1. The van der Waals surface area contributed by atoms with Crippen LogP contribution in [0.3, 0.4) is 0 Å². The summed E-state index contributed by atoms with van der Waals surface area (Å²) in [5.41, 5.74) is 0.203. The molecule has 1 aromatic heterocycles. The molecule has 0 saturated carbocycles. The SMILES string of the molecule is CCCOc1cc(OCCC)c2cc(C(=O)c3ccc(C#N)cc3)c(=O)oc2c1. The summed E-state index contributed by atoms with van der Waals surface area (Å²) in [6.07, 6.45) is 1.64. The smallest absolute Gasteiger partial charge is 0.347 e. The van der Waals surface area contributed by atoms with Gasteiger partial charge in [-0.3, -0.25) is 4.79 Å². The van der Waals surface area contributed by atoms with Crippen molar-refractivity contribution in [3.8, 4) is 17.6 Å². The lowest BCUT2D eigenvalue weighted by molar-refractivity contribution is 0.103. The van der Waals surface area contributed by atoms with E-state index < -0.39 is 11.4 Å². The Balaban J connectivity index is 2.08. The fourth-order valence-electron chi connectivity index (χ4n) is 2.81. The summed E-state index contributed by atoms with van der Waals surface area (Å²) in [4.78, 5) is 25.3. The second kappa shape index (κ2) is 9.07. The molecule has 0 radical (unpaired) electrons. The Morgan fingerprint density at radius 1 is 1.03 bits per heavy atom. The van der Waals surface area contributed by atoms with Crippen LogP contribution in [-0.2, 0) is 0 Å². The van der Waals surface area contributed by atoms with Gasteiger partial charge in [-0.15, -0.1) is 0 Å². The van der Waals surface area contributed by atoms with Gasteiger partial charge in [-0.1, -0.05) is 13.8 Å². The summed E-state index contributed by atoms with van der Waals surface area (Å²) in [5.74, 6) is 0.561. The molecule has 0 N–H and O–H groups in total. The number of carbonyl (C=O) groups excluding carboxylic acids is 1. The fraction of sp³-hybridized carbons (Fsp3) is 0.261. The van der Waals surface area contributed by atoms with Crippen molar-refractivity contribution in [1.29, 1.82) is 5.26 Å². The Kier molecular flexibility index (Phi) is 6.30. The summed E-state index contributed by atoms with van der Waals surface area (Å²) in [6, 6.07) is 12.9. The van der Waals surface area contributed by atoms with Crippen molar-refractivity contribution in [2.75, 3.05) is 13.2 Å². The number of nitrogens with zero attached hydrogens (tertiary/aromatic N) is 1. The highest BCUT2D eigenvalue weighted by atomic mass is 16.5. The molecule has 6 heteroatoms. The molecular weight excluding hydrogens is 370 g/mol. The number of fused-ring (bicyclic) bond motifs is 1. The zero-order valence-corrected chi connectivity index (χ0v) is 16.4. The van der Waals surface area contributed by atoms with Gasteiger partial charge in [-0.05, 0) is 43.2 Å². The van der Waals surface area contributed by atoms with E-state index in [1.165, 1.54) is 30.3 Å². The summed E-state index contributed by atoms with van der Waals surface area (Å²) < 4.78 is 16.9. The van der Waals surface area contributed by atoms with Crippen LogP contribution in [0.4, 0.5) is 0 Å². The average molecular weight is 391 g/mol. The van der Waals surface area contributed by atoms with E-state index in [1.54, 1.807) is 12.1 Å². The number of ether oxygens (including phenoxy) is 2. The molecule has 2 aromatic carbocycles. The number of nitriles is 1. The lowest BCUT2D eigenvalue weighted by atomic mass is 10.0. The van der Waals surface area contributed by atoms with E-state index in [9.17, 15) is 9.59 Å². The van der Waals surface area contributed by atoms with Gasteiger partial charge in [0.15, 0.2) is 5.78 Å². The van der Waals surface area contributed by atoms with Crippen LogP contribution >= 0.6 is 0 Å². The van der Waals surface area contributed by atoms with Gasteiger partial charge >= 0.3 is 5.63 Å². The van der Waals surface area contributed by atoms with Crippen LogP contribution in [-0.4, -0.2) is 19.0 Å². The largest absolute Gasteiger partial charge is 0.493 e. The summed E-state index contributed by atoms with van der Waals surface area (Å²) in [5, 5.41) is 9.43. The van der Waals surface area contributed by atoms with Crippen LogP contribution in [0.2, 0.25) is 0 Å². The quantitative estimate of drug-likeness (QED) is 0.416. The third kappa shape index (κ3) is 4.46. The van der Waals surface area contributed by atoms with Crippen molar-refractivity contribution < 1.29 is 18.7 Å². The van der Waals surface area contributed by atoms with Crippen molar-refractivity contribution in [2.24, 2.45) is 0 Å². The number of hydrogen-bond donors (Lipinski definition) is 0. The number of carbonyl (C=O) groups is 1. The van der Waals surface area contributed by atoms with Crippen LogP contribution in [0.5, 0.6) is 11.5 Å². The monoisotopic (exact) mass is 391 g/mol. The van der Waals surface area contributed by atoms with Gasteiger partial charge in [-0.2, -0.15) is 5.26 Å². The number of benzene rings is 2. The van der Waals surface area contributed by atoms with Crippen molar-refractivity contribution in [3.63, 3.8) is 0 Å². The van der Waals surface area contributed by atoms with Crippen molar-refractivity contribution in [3.05, 3.63) is 69.6 Å². The molecule has 0 aliphatic carbocycles. The number of rotatable bonds is 8. The molecule has 0 fully saturated rings. The minimum Gasteiger partial charge on any atom is -0.493 e. The predicted octanol–water partition coefficient (Wildman–Crippen LogP) is 4.47. The van der Waals surface area contributed by atoms with Crippen molar-refractivity contribution in [2.45, 2.75) is 26.7 Å². The zero-order valence-electron chi connectivity index (χ0n) is 16.4. The molecule has 0 amide bonds. The minimum absolute atomic E-state index is 0.0919. The molecule has 0 aliphatic rings. The Morgan fingerprint density at radius 3 is 2.38 bits per heavy atom. The molecule has 3 aromatic rings. The van der Waals surface area contributed by atoms with Gasteiger partial charge in [0, 0.05) is 17.7 Å². The van der Waals surface area contributed by atoms with Crippen molar-refractivity contribution >= 4 is 16.8 Å². The Labute approximate surface area is 168 Å². The Morgan fingerprint density at radius 2 is 1.72 bits per heavy atom. The topological polar surface area (TPSA) is 89.5 Å². The molecule has 148 valence electrons. The van der Waals surface area contributed by atoms with Crippen LogP contribution in [0, 0.1) is 11.3 Å². The summed E-state index contributed by atoms with van der Waals surface area (Å²) >= 11 is 0. The van der Waals surface area contributed by atoms with Gasteiger partial charge in [-0.25, -0.2) is 4.79 Å². The standard InChI is InChI=1S/C23H21NO5/c1-3-9-27-17-11-20(28-10-4-2)18-13-19(23(26)29-21(18)12-17)22(25)16-7-5-15(14-24)6-8-16/h5-8,11-13H,3-4,9-10H2,1-2H3. The maximum atomic E-state index is 12.8. The van der Waals surface area contributed by atoms with E-state index in [2.05, 4.69) is 0 Å². The van der Waals surface area contributed by atoms with E-state index in [4.69, 9.17) is 19.2 Å². The first kappa shape index (κ1) is 20.2. The Bertz CT molecular complexity index is 1120. The molecule has 0 aliphatic heterocycles. The van der Waals surface area contributed by atoms with Crippen LogP contribution < -0.4 is 15.1 Å². The first-order valence-electron chi connectivity index (χ1n) is 9.49. The van der Waals surface area contributed by atoms with Gasteiger partial charge in [0.2, 0.25) is 0 Å². The molecule has 0 unspecified atom stereocenters. The minimum atomic E-state index is -0.735. The second-order valence-corrected chi connectivity index (χ2v) is 6.50. The van der Waals surface area contributed by atoms with E-state index in [-0.39, 0.29) is 5.56 Å². The van der Waals surface area contributed by atoms with Crippen molar-refractivity contribution in [1.82, 2.24) is 0 Å². The predicted molar refractivity (Wildman–Crippen MR) is 109 cm³/mol. The number of ketones is 1. The molecule has 0 spiro atoms. The third-order valence-electron chi connectivity index (χ3n) is 4.24. The summed E-state index contributed by atoms with van der Waals surface area (Å²) in [6.45, 7) is 4.99. The van der Waals surface area contributed by atoms with Crippen LogP contribution in [0.1, 0.15) is 48.2 Å².